The zero-order valence-corrected chi connectivity index (χ0v) is 34.2. The van der Waals surface area contributed by atoms with Gasteiger partial charge < -0.3 is 14.7 Å². The average molecular weight is 750 g/mol. The van der Waals surface area contributed by atoms with Crippen LogP contribution in [0.5, 0.6) is 0 Å². The van der Waals surface area contributed by atoms with Crippen molar-refractivity contribution in [2.24, 2.45) is 0 Å². The Bertz CT molecular complexity index is 2810. The largest absolute Gasteiger partial charge is 0.335 e. The highest BCUT2D eigenvalue weighted by Crippen LogP contribution is 2.62. The van der Waals surface area contributed by atoms with Crippen molar-refractivity contribution in [1.29, 1.82) is 0 Å². The van der Waals surface area contributed by atoms with Gasteiger partial charge in [-0.3, -0.25) is 0 Å². The molecule has 3 nitrogen and oxygen atoms in total. The average Bonchev–Trinajstić information content (AvgIpc) is 3.61. The third kappa shape index (κ3) is 4.25. The summed E-state index contributed by atoms with van der Waals surface area (Å²) in [4.78, 5) is 7.93. The minimum absolute atomic E-state index is 0.00594. The van der Waals surface area contributed by atoms with Crippen LogP contribution in [-0.4, -0.2) is 12.3 Å². The quantitative estimate of drug-likeness (QED) is 0.166. The number of para-hydroxylation sites is 3. The summed E-state index contributed by atoms with van der Waals surface area (Å²) in [5, 5.41) is 0. The Hall–Kier alpha value is -6.00. The number of fused-ring (bicyclic) bond motifs is 10. The zero-order valence-electron chi connectivity index (χ0n) is 34.2. The fraction of sp³-hybridized carbons (Fsp3) is 0.222. The highest BCUT2D eigenvalue weighted by molar-refractivity contribution is 7.00. The van der Waals surface area contributed by atoms with Gasteiger partial charge in [0.1, 0.15) is 0 Å². The van der Waals surface area contributed by atoms with Crippen molar-refractivity contribution in [3.8, 4) is 11.1 Å². The van der Waals surface area contributed by atoms with Crippen LogP contribution in [0.1, 0.15) is 75.6 Å². The van der Waals surface area contributed by atoms with E-state index in [0.29, 0.717) is 0 Å². The first kappa shape index (κ1) is 34.1. The summed E-state index contributed by atoms with van der Waals surface area (Å²) in [5.74, 6) is 0. The summed E-state index contributed by atoms with van der Waals surface area (Å²) in [6, 6.07) is 57.5. The molecular formula is C54H48BN3. The summed E-state index contributed by atoms with van der Waals surface area (Å²) in [7, 11) is 0. The van der Waals surface area contributed by atoms with Gasteiger partial charge in [0.2, 0.25) is 0 Å². The minimum Gasteiger partial charge on any atom is -0.335 e. The molecular weight excluding hydrogens is 701 g/mol. The molecule has 7 aromatic rings. The van der Waals surface area contributed by atoms with Crippen molar-refractivity contribution < 1.29 is 0 Å². The number of anilines is 8. The van der Waals surface area contributed by atoms with E-state index in [1.54, 1.807) is 5.56 Å². The normalized spacial score (nSPS) is 21.1. The fourth-order valence-electron chi connectivity index (χ4n) is 12.3. The number of nitrogens with zero attached hydrogens (tertiary/aromatic N) is 3. The van der Waals surface area contributed by atoms with Gasteiger partial charge in [0.05, 0.1) is 11.2 Å². The molecule has 0 spiro atoms. The van der Waals surface area contributed by atoms with Crippen LogP contribution in [0.4, 0.5) is 45.5 Å². The topological polar surface area (TPSA) is 9.72 Å². The first-order chi connectivity index (χ1) is 28.2. The number of benzene rings is 7. The smallest absolute Gasteiger partial charge is 0.252 e. The van der Waals surface area contributed by atoms with E-state index in [1.165, 1.54) is 98.3 Å². The number of hydrogen-bond acceptors (Lipinski definition) is 3. The van der Waals surface area contributed by atoms with Crippen LogP contribution in [0.15, 0.2) is 152 Å². The van der Waals surface area contributed by atoms with Crippen molar-refractivity contribution in [1.82, 2.24) is 0 Å². The van der Waals surface area contributed by atoms with E-state index in [0.717, 1.165) is 17.1 Å². The molecule has 1 saturated carbocycles. The minimum atomic E-state index is -0.112. The molecule has 3 aliphatic heterocycles. The predicted octanol–water partition coefficient (Wildman–Crippen LogP) is 12.1. The van der Waals surface area contributed by atoms with Crippen molar-refractivity contribution in [2.45, 2.75) is 76.7 Å². The molecule has 0 saturated heterocycles. The lowest BCUT2D eigenvalue weighted by molar-refractivity contribution is 0.195. The summed E-state index contributed by atoms with van der Waals surface area (Å²) in [5.41, 5.74) is 22.6. The number of hydrogen-bond donors (Lipinski definition) is 0. The van der Waals surface area contributed by atoms with Gasteiger partial charge in [-0.2, -0.15) is 0 Å². The lowest BCUT2D eigenvalue weighted by atomic mass is 9.33. The molecule has 0 aromatic heterocycles. The summed E-state index contributed by atoms with van der Waals surface area (Å²) < 4.78 is 0. The molecule has 12 rings (SSSR count). The Kier molecular flexibility index (Phi) is 6.93. The van der Waals surface area contributed by atoms with Crippen LogP contribution < -0.4 is 31.1 Å². The molecule has 2 aliphatic carbocycles. The number of rotatable bonds is 4. The van der Waals surface area contributed by atoms with Gasteiger partial charge in [-0.15, -0.1) is 0 Å². The molecule has 3 heterocycles. The predicted molar refractivity (Wildman–Crippen MR) is 246 cm³/mol. The van der Waals surface area contributed by atoms with Crippen LogP contribution in [0.3, 0.4) is 0 Å². The molecule has 0 radical (unpaired) electrons. The standard InChI is InChI=1S/C54H48BN3/c1-35-32-47-50-48(33-35)58-51-42(53(4)30-14-15-31-54(53,58)5)25-16-26-44(51)55(50)43-29-28-38(56(36-18-8-6-9-19-36)37-20-10-7-11-21-37)34-46(43)57(47)45-27-17-24-41-49(45)39-22-12-13-23-40(39)52(41,2)3/h6-13,16-29,32-34H,14-15,30-31H2,1-5H3. The van der Waals surface area contributed by atoms with E-state index >= 15 is 0 Å². The maximum atomic E-state index is 2.84. The molecule has 2 atom stereocenters. The van der Waals surface area contributed by atoms with Gasteiger partial charge in [-0.1, -0.05) is 131 Å². The van der Waals surface area contributed by atoms with Gasteiger partial charge in [-0.25, -0.2) is 0 Å². The highest BCUT2D eigenvalue weighted by atomic mass is 15.3. The van der Waals surface area contributed by atoms with Gasteiger partial charge in [0.25, 0.3) is 6.71 Å². The third-order valence-electron chi connectivity index (χ3n) is 15.2. The maximum Gasteiger partial charge on any atom is 0.252 e. The Morgan fingerprint density at radius 1 is 0.534 bits per heavy atom. The van der Waals surface area contributed by atoms with Gasteiger partial charge in [0.15, 0.2) is 0 Å². The lowest BCUT2D eigenvalue weighted by Gasteiger charge is -2.53. The first-order valence-electron chi connectivity index (χ1n) is 21.4. The molecule has 58 heavy (non-hydrogen) atoms. The summed E-state index contributed by atoms with van der Waals surface area (Å²) in [6.07, 6.45) is 4.98. The Balaban J connectivity index is 1.19. The SMILES string of the molecule is Cc1cc2c3c(c1)N1c4c(cccc4C4(C)CCCCC14C)B3c1ccc(N(c3ccccc3)c3ccccc3)cc1N2c1cccc2c1-c1ccccc1C2(C)C. The Labute approximate surface area is 343 Å². The highest BCUT2D eigenvalue weighted by Gasteiger charge is 2.61. The Morgan fingerprint density at radius 2 is 1.19 bits per heavy atom. The van der Waals surface area contributed by atoms with Crippen LogP contribution >= 0.6 is 0 Å². The van der Waals surface area contributed by atoms with E-state index in [4.69, 9.17) is 0 Å². The van der Waals surface area contributed by atoms with E-state index in [1.807, 2.05) is 0 Å². The Morgan fingerprint density at radius 3 is 1.97 bits per heavy atom. The van der Waals surface area contributed by atoms with Crippen molar-refractivity contribution >= 4 is 68.6 Å². The zero-order chi connectivity index (χ0) is 39.1. The van der Waals surface area contributed by atoms with E-state index in [2.05, 4.69) is 201 Å². The first-order valence-corrected chi connectivity index (χ1v) is 21.4. The van der Waals surface area contributed by atoms with Crippen molar-refractivity contribution in [2.75, 3.05) is 14.7 Å². The van der Waals surface area contributed by atoms with Gasteiger partial charge >= 0.3 is 0 Å². The molecule has 1 fully saturated rings. The fourth-order valence-corrected chi connectivity index (χ4v) is 12.3. The third-order valence-corrected chi connectivity index (χ3v) is 15.2. The van der Waals surface area contributed by atoms with Gasteiger partial charge in [0, 0.05) is 56.2 Å². The number of aryl methyl sites for hydroxylation is 1. The second kappa shape index (κ2) is 11.8. The molecule has 5 aliphatic rings. The monoisotopic (exact) mass is 749 g/mol. The molecule has 0 bridgehead atoms. The van der Waals surface area contributed by atoms with Crippen LogP contribution in [0, 0.1) is 6.92 Å². The molecule has 7 aromatic carbocycles. The lowest BCUT2D eigenvalue weighted by Crippen LogP contribution is -2.64. The van der Waals surface area contributed by atoms with Crippen LogP contribution in [-0.2, 0) is 10.8 Å². The molecule has 282 valence electrons. The van der Waals surface area contributed by atoms with Crippen LogP contribution in [0.2, 0.25) is 0 Å². The van der Waals surface area contributed by atoms with Crippen molar-refractivity contribution in [3.05, 3.63) is 174 Å². The van der Waals surface area contributed by atoms with E-state index in [9.17, 15) is 0 Å². The second-order valence-corrected chi connectivity index (χ2v) is 18.5. The molecule has 4 heteroatoms. The molecule has 0 amide bonds. The maximum absolute atomic E-state index is 2.84. The van der Waals surface area contributed by atoms with E-state index in [-0.39, 0.29) is 23.1 Å². The summed E-state index contributed by atoms with van der Waals surface area (Å²) in [6.45, 7) is 12.4. The second-order valence-electron chi connectivity index (χ2n) is 18.5. The van der Waals surface area contributed by atoms with Crippen LogP contribution in [0.25, 0.3) is 11.1 Å². The molecule has 2 unspecified atom stereocenters. The van der Waals surface area contributed by atoms with Crippen molar-refractivity contribution in [3.63, 3.8) is 0 Å². The summed E-state index contributed by atoms with van der Waals surface area (Å²) >= 11 is 0. The molecule has 0 N–H and O–H groups in total. The van der Waals surface area contributed by atoms with E-state index < -0.39 is 0 Å². The van der Waals surface area contributed by atoms with Gasteiger partial charge in [-0.05, 0) is 125 Å².